The highest BCUT2D eigenvalue weighted by Gasteiger charge is 2.42. The third-order valence-corrected chi connectivity index (χ3v) is 12.0. The Morgan fingerprint density at radius 2 is 1.24 bits per heavy atom. The molecule has 74 heavy (non-hydrogen) atoms. The predicted molar refractivity (Wildman–Crippen MR) is 263 cm³/mol. The first-order chi connectivity index (χ1) is 36.0. The van der Waals surface area contributed by atoms with Gasteiger partial charge in [-0.15, -0.1) is 0 Å². The van der Waals surface area contributed by atoms with Crippen LogP contribution in [-0.2, 0) is 55.1 Å². The van der Waals surface area contributed by atoms with E-state index in [9.17, 15) is 9.59 Å². The standard InChI is InChI=1S/C54H61N3O17/c1-4-43(73-54(59)74-46-22-16-38(17-23-46)34-71-57(62)63)36-69-51-31-55(53(58)72-45-20-14-37(15-21-45)33-70-56(60)61)30-50(68-32-39-28-41-10-5-7-12-47(41)49(29-39)65-3)52(51)40-18-24-44(25-19-40)67-27-9-26-66-35-42-11-6-8-13-48(42)64-2/h5-8,10-25,28-29,43,50-52,60-63H,4,9,26-27,30-36H2,1-3H3. The van der Waals surface area contributed by atoms with Gasteiger partial charge in [0.2, 0.25) is 0 Å². The fourth-order valence-corrected chi connectivity index (χ4v) is 8.26. The van der Waals surface area contributed by atoms with E-state index in [1.54, 1.807) is 50.6 Å². The molecule has 1 fully saturated rings. The Morgan fingerprint density at radius 3 is 1.89 bits per heavy atom. The van der Waals surface area contributed by atoms with Crippen LogP contribution in [0.3, 0.4) is 0 Å². The Labute approximate surface area is 427 Å². The molecule has 20 heteroatoms. The molecule has 0 saturated carbocycles. The van der Waals surface area contributed by atoms with Gasteiger partial charge in [0.25, 0.3) is 0 Å². The zero-order valence-electron chi connectivity index (χ0n) is 41.2. The quantitative estimate of drug-likeness (QED) is 0.0172. The van der Waals surface area contributed by atoms with Gasteiger partial charge in [-0.05, 0) is 88.7 Å². The van der Waals surface area contributed by atoms with E-state index in [1.165, 1.54) is 17.0 Å². The molecule has 4 N–H and O–H groups in total. The summed E-state index contributed by atoms with van der Waals surface area (Å²) in [5.41, 5.74) is 3.79. The Balaban J connectivity index is 1.10. The molecule has 1 amide bonds. The number of piperidine rings is 1. The summed E-state index contributed by atoms with van der Waals surface area (Å²) in [5.74, 6) is 2.02. The number of hydrogen-bond acceptors (Lipinski definition) is 19. The molecule has 1 saturated heterocycles. The molecule has 6 aromatic carbocycles. The Morgan fingerprint density at radius 1 is 0.635 bits per heavy atom. The summed E-state index contributed by atoms with van der Waals surface area (Å²) in [4.78, 5) is 38.1. The first kappa shape index (κ1) is 54.8. The SMILES string of the molecule is CCC(COC1CN(C(=O)Oc2ccc(CON(O)O)cc2)CC(OCc2cc(OC)c3ccccc3c2)C1c1ccc(OCCCOCc2ccccc2OC)cc1)OC(=O)Oc1ccc(CON(O)O)cc1. The lowest BCUT2D eigenvalue weighted by molar-refractivity contribution is -0.497. The van der Waals surface area contributed by atoms with Crippen LogP contribution >= 0.6 is 0 Å². The average molecular weight is 1020 g/mol. The fraction of sp³-hybridized carbons (Fsp3) is 0.333. The monoisotopic (exact) mass is 1020 g/mol. The minimum absolute atomic E-state index is 0.0519. The van der Waals surface area contributed by atoms with E-state index >= 15 is 0 Å². The van der Waals surface area contributed by atoms with Crippen LogP contribution in [0.15, 0.2) is 133 Å². The highest BCUT2D eigenvalue weighted by atomic mass is 17.1. The number of nitrogens with zero attached hydrogens (tertiary/aromatic N) is 3. The van der Waals surface area contributed by atoms with Crippen LogP contribution < -0.4 is 23.7 Å². The van der Waals surface area contributed by atoms with Crippen LogP contribution in [0.5, 0.6) is 28.7 Å². The van der Waals surface area contributed by atoms with Crippen molar-refractivity contribution in [3.8, 4) is 28.7 Å². The molecule has 1 aliphatic heterocycles. The van der Waals surface area contributed by atoms with Gasteiger partial charge in [0, 0.05) is 23.3 Å². The minimum atomic E-state index is -0.972. The second-order valence-electron chi connectivity index (χ2n) is 17.0. The molecule has 394 valence electrons. The van der Waals surface area contributed by atoms with Crippen molar-refractivity contribution in [2.75, 3.05) is 47.1 Å². The average Bonchev–Trinajstić information content (AvgIpc) is 3.42. The number of amides is 1. The van der Waals surface area contributed by atoms with Crippen LogP contribution in [0, 0.1) is 0 Å². The van der Waals surface area contributed by atoms with Crippen LogP contribution in [0.1, 0.15) is 53.5 Å². The van der Waals surface area contributed by atoms with Gasteiger partial charge in [0.15, 0.2) is 0 Å². The minimum Gasteiger partial charge on any atom is -0.496 e. The molecule has 0 radical (unpaired) electrons. The van der Waals surface area contributed by atoms with Gasteiger partial charge in [-0.2, -0.15) is 0 Å². The van der Waals surface area contributed by atoms with E-state index < -0.39 is 41.9 Å². The largest absolute Gasteiger partial charge is 0.514 e. The molecule has 20 nitrogen and oxygen atoms in total. The Bertz CT molecular complexity index is 2670. The van der Waals surface area contributed by atoms with Gasteiger partial charge in [-0.1, -0.05) is 85.8 Å². The third kappa shape index (κ3) is 16.3. The number of methoxy groups -OCH3 is 2. The second-order valence-corrected chi connectivity index (χ2v) is 17.0. The fourth-order valence-electron chi connectivity index (χ4n) is 8.26. The lowest BCUT2D eigenvalue weighted by atomic mass is 9.84. The summed E-state index contributed by atoms with van der Waals surface area (Å²) < 4.78 is 53.8. The molecule has 1 aliphatic rings. The van der Waals surface area contributed by atoms with Crippen molar-refractivity contribution >= 4 is 23.0 Å². The van der Waals surface area contributed by atoms with E-state index in [4.69, 9.17) is 68.3 Å². The molecular formula is C54H61N3O17. The van der Waals surface area contributed by atoms with Crippen molar-refractivity contribution < 1.29 is 82.7 Å². The van der Waals surface area contributed by atoms with Crippen LogP contribution in [0.25, 0.3) is 10.8 Å². The van der Waals surface area contributed by atoms with Crippen LogP contribution in [0.4, 0.5) is 9.59 Å². The lowest BCUT2D eigenvalue weighted by Crippen LogP contribution is -2.55. The maximum absolute atomic E-state index is 14.1. The van der Waals surface area contributed by atoms with Crippen molar-refractivity contribution in [2.45, 2.75) is 70.4 Å². The number of fused-ring (bicyclic) bond motifs is 1. The molecule has 0 aromatic heterocycles. The number of hydrogen-bond donors (Lipinski definition) is 4. The highest BCUT2D eigenvalue weighted by Crippen LogP contribution is 2.36. The molecule has 1 heterocycles. The number of likely N-dealkylation sites (tertiary alicyclic amines) is 1. The number of ether oxygens (including phenoxy) is 9. The number of carbonyl (C=O) groups is 2. The van der Waals surface area contributed by atoms with Gasteiger partial charge in [-0.3, -0.25) is 20.8 Å². The summed E-state index contributed by atoms with van der Waals surface area (Å²) >= 11 is 0. The topological polar surface area (TPSA) is 226 Å². The van der Waals surface area contributed by atoms with Crippen molar-refractivity contribution in [3.05, 3.63) is 161 Å². The van der Waals surface area contributed by atoms with E-state index in [-0.39, 0.29) is 56.4 Å². The van der Waals surface area contributed by atoms with Crippen molar-refractivity contribution in [1.82, 2.24) is 15.7 Å². The molecule has 7 rings (SSSR count). The third-order valence-electron chi connectivity index (χ3n) is 12.0. The summed E-state index contributed by atoms with van der Waals surface area (Å²) in [6.07, 6.45) is -2.84. The van der Waals surface area contributed by atoms with Gasteiger partial charge in [-0.25, -0.2) is 19.3 Å². The molecule has 4 atom stereocenters. The van der Waals surface area contributed by atoms with Crippen LogP contribution in [0.2, 0.25) is 0 Å². The van der Waals surface area contributed by atoms with E-state index in [1.807, 2.05) is 91.9 Å². The maximum atomic E-state index is 14.1. The molecular weight excluding hydrogens is 963 g/mol. The second kappa shape index (κ2) is 27.9. The summed E-state index contributed by atoms with van der Waals surface area (Å²) in [7, 11) is 3.25. The predicted octanol–water partition coefficient (Wildman–Crippen LogP) is 9.43. The molecule has 4 unspecified atom stereocenters. The van der Waals surface area contributed by atoms with Crippen molar-refractivity contribution in [2.24, 2.45) is 0 Å². The molecule has 0 bridgehead atoms. The number of benzene rings is 6. The smallest absolute Gasteiger partial charge is 0.496 e. The first-order valence-electron chi connectivity index (χ1n) is 23.8. The van der Waals surface area contributed by atoms with E-state index in [0.29, 0.717) is 55.3 Å². The highest BCUT2D eigenvalue weighted by molar-refractivity contribution is 5.89. The van der Waals surface area contributed by atoms with Crippen molar-refractivity contribution in [1.29, 1.82) is 0 Å². The van der Waals surface area contributed by atoms with Gasteiger partial charge in [0.1, 0.15) is 34.9 Å². The lowest BCUT2D eigenvalue weighted by Gasteiger charge is -2.43. The maximum Gasteiger partial charge on any atom is 0.514 e. The number of rotatable bonds is 26. The zero-order valence-corrected chi connectivity index (χ0v) is 41.2. The summed E-state index contributed by atoms with van der Waals surface area (Å²) in [6.45, 7) is 3.05. The van der Waals surface area contributed by atoms with Gasteiger partial charge < -0.3 is 47.5 Å². The Hall–Kier alpha value is -6.92. The molecule has 6 aromatic rings. The van der Waals surface area contributed by atoms with Crippen molar-refractivity contribution in [3.63, 3.8) is 0 Å². The molecule has 0 aliphatic carbocycles. The van der Waals surface area contributed by atoms with Gasteiger partial charge in [0.05, 0.1) is 96.5 Å². The van der Waals surface area contributed by atoms with E-state index in [0.717, 1.165) is 33.2 Å². The van der Waals surface area contributed by atoms with Crippen LogP contribution in [-0.4, -0.2) is 114 Å². The zero-order chi connectivity index (χ0) is 52.2. The van der Waals surface area contributed by atoms with E-state index in [2.05, 4.69) is 4.84 Å². The van der Waals surface area contributed by atoms with Gasteiger partial charge >= 0.3 is 12.2 Å². The summed E-state index contributed by atoms with van der Waals surface area (Å²) in [6, 6.07) is 39.7. The molecule has 0 spiro atoms. The summed E-state index contributed by atoms with van der Waals surface area (Å²) in [5, 5.41) is 36.7. The number of carbonyl (C=O) groups excluding carboxylic acids is 2. The number of para-hydroxylation sites is 1. The Kier molecular flexibility index (Phi) is 20.7. The first-order valence-corrected chi connectivity index (χ1v) is 23.8. The normalized spacial score (nSPS) is 16.0.